The molecule has 114 valence electrons. The Hall–Kier alpha value is -0.890. The molecule has 1 aromatic carbocycles. The van der Waals surface area contributed by atoms with Crippen molar-refractivity contribution in [2.45, 2.75) is 32.1 Å². The third-order valence-corrected chi connectivity index (χ3v) is 4.86. The smallest absolute Gasteiger partial charge is 0.231 e. The average molecular weight is 345 g/mol. The molecule has 1 N–H and O–H groups in total. The molecule has 1 amide bonds. The van der Waals surface area contributed by atoms with Gasteiger partial charge in [0, 0.05) is 15.8 Å². The minimum Gasteiger partial charge on any atom is -0.337 e. The monoisotopic (exact) mass is 344 g/mol. The molecule has 0 aliphatic rings. The number of carbonyl (C=O) groups is 1. The highest BCUT2D eigenvalue weighted by atomic mass is 35.5. The molecule has 1 atom stereocenters. The second kappa shape index (κ2) is 7.93. The molecular weight excluding hydrogens is 327 g/mol. The molecule has 1 aromatic rings. The summed E-state index contributed by atoms with van der Waals surface area (Å²) in [5, 5.41) is 13.1. The van der Waals surface area contributed by atoms with Crippen LogP contribution in [0.2, 0.25) is 10.0 Å². The molecule has 1 rings (SSSR count). The number of carbonyl (C=O) groups excluding carboxylic acids is 1. The lowest BCUT2D eigenvalue weighted by molar-refractivity contribution is -0.120. The zero-order valence-corrected chi connectivity index (χ0v) is 14.6. The van der Waals surface area contributed by atoms with Crippen LogP contribution >= 0.6 is 35.0 Å². The maximum atomic E-state index is 11.9. The van der Waals surface area contributed by atoms with Gasteiger partial charge in [-0.2, -0.15) is 5.26 Å². The largest absolute Gasteiger partial charge is 0.337 e. The minimum atomic E-state index is -0.838. The zero-order chi connectivity index (χ0) is 16.0. The van der Waals surface area contributed by atoms with E-state index in [0.717, 1.165) is 5.56 Å². The Balaban J connectivity index is 2.49. The van der Waals surface area contributed by atoms with Crippen molar-refractivity contribution >= 4 is 40.9 Å². The van der Waals surface area contributed by atoms with Gasteiger partial charge in [-0.3, -0.25) is 4.79 Å². The molecule has 0 aromatic heterocycles. The Labute approximate surface area is 140 Å². The van der Waals surface area contributed by atoms with Crippen LogP contribution in [0.5, 0.6) is 0 Å². The summed E-state index contributed by atoms with van der Waals surface area (Å²) >= 11 is 13.4. The SMILES string of the molecule is CC(C)C(C)(C#N)NC(=O)CSCc1ccc(Cl)cc1Cl. The van der Waals surface area contributed by atoms with E-state index in [1.165, 1.54) is 11.8 Å². The van der Waals surface area contributed by atoms with E-state index >= 15 is 0 Å². The molecule has 0 heterocycles. The lowest BCUT2D eigenvalue weighted by atomic mass is 9.90. The molecule has 6 heteroatoms. The Morgan fingerprint density at radius 3 is 2.67 bits per heavy atom. The van der Waals surface area contributed by atoms with Crippen LogP contribution in [0.3, 0.4) is 0 Å². The molecule has 0 radical (unpaired) electrons. The van der Waals surface area contributed by atoms with Crippen LogP contribution < -0.4 is 5.32 Å². The average Bonchev–Trinajstić information content (AvgIpc) is 2.40. The number of nitrogens with one attached hydrogen (secondary N) is 1. The molecule has 0 aliphatic heterocycles. The molecule has 0 fully saturated rings. The first-order valence-electron chi connectivity index (χ1n) is 6.52. The van der Waals surface area contributed by atoms with Gasteiger partial charge in [0.05, 0.1) is 11.8 Å². The summed E-state index contributed by atoms with van der Waals surface area (Å²) in [6.07, 6.45) is 0. The number of nitriles is 1. The summed E-state index contributed by atoms with van der Waals surface area (Å²) in [6.45, 7) is 5.55. The molecule has 0 aliphatic carbocycles. The van der Waals surface area contributed by atoms with E-state index in [0.29, 0.717) is 15.8 Å². The second-order valence-electron chi connectivity index (χ2n) is 5.25. The van der Waals surface area contributed by atoms with E-state index in [4.69, 9.17) is 28.5 Å². The van der Waals surface area contributed by atoms with Crippen LogP contribution in [0, 0.1) is 17.2 Å². The van der Waals surface area contributed by atoms with E-state index in [9.17, 15) is 4.79 Å². The van der Waals surface area contributed by atoms with Crippen molar-refractivity contribution in [3.05, 3.63) is 33.8 Å². The number of hydrogen-bond acceptors (Lipinski definition) is 3. The summed E-state index contributed by atoms with van der Waals surface area (Å²) in [6, 6.07) is 7.46. The second-order valence-corrected chi connectivity index (χ2v) is 7.07. The van der Waals surface area contributed by atoms with E-state index in [1.807, 2.05) is 19.9 Å². The van der Waals surface area contributed by atoms with Crippen molar-refractivity contribution < 1.29 is 4.79 Å². The first-order valence-corrected chi connectivity index (χ1v) is 8.43. The number of rotatable bonds is 6. The van der Waals surface area contributed by atoms with Crippen LogP contribution in [0.15, 0.2) is 18.2 Å². The first-order chi connectivity index (χ1) is 9.78. The Morgan fingerprint density at radius 1 is 1.48 bits per heavy atom. The maximum absolute atomic E-state index is 11.9. The van der Waals surface area contributed by atoms with Crippen LogP contribution in [-0.4, -0.2) is 17.2 Å². The van der Waals surface area contributed by atoms with Crippen molar-refractivity contribution in [1.82, 2.24) is 5.32 Å². The molecule has 21 heavy (non-hydrogen) atoms. The lowest BCUT2D eigenvalue weighted by Gasteiger charge is -2.27. The third kappa shape index (κ3) is 5.43. The predicted octanol–water partition coefficient (Wildman–Crippen LogP) is 4.28. The maximum Gasteiger partial charge on any atom is 0.231 e. The van der Waals surface area contributed by atoms with Gasteiger partial charge < -0.3 is 5.32 Å². The van der Waals surface area contributed by atoms with E-state index in [-0.39, 0.29) is 17.6 Å². The summed E-state index contributed by atoms with van der Waals surface area (Å²) < 4.78 is 0. The van der Waals surface area contributed by atoms with E-state index in [1.54, 1.807) is 19.1 Å². The zero-order valence-electron chi connectivity index (χ0n) is 12.2. The fraction of sp³-hybridized carbons (Fsp3) is 0.467. The van der Waals surface area contributed by atoms with Gasteiger partial charge in [-0.05, 0) is 30.5 Å². The molecule has 0 spiro atoms. The van der Waals surface area contributed by atoms with Crippen LogP contribution in [0.25, 0.3) is 0 Å². The Morgan fingerprint density at radius 2 is 2.14 bits per heavy atom. The molecule has 0 saturated heterocycles. The highest BCUT2D eigenvalue weighted by Crippen LogP contribution is 2.24. The lowest BCUT2D eigenvalue weighted by Crippen LogP contribution is -2.49. The van der Waals surface area contributed by atoms with Gasteiger partial charge >= 0.3 is 0 Å². The highest BCUT2D eigenvalue weighted by Gasteiger charge is 2.29. The molecule has 0 saturated carbocycles. The summed E-state index contributed by atoms with van der Waals surface area (Å²) in [5.41, 5.74) is 0.0982. The van der Waals surface area contributed by atoms with Gasteiger partial charge in [-0.25, -0.2) is 0 Å². The van der Waals surface area contributed by atoms with Gasteiger partial charge in [-0.1, -0.05) is 43.1 Å². The van der Waals surface area contributed by atoms with Gasteiger partial charge in [0.25, 0.3) is 0 Å². The van der Waals surface area contributed by atoms with Crippen molar-refractivity contribution in [1.29, 1.82) is 5.26 Å². The van der Waals surface area contributed by atoms with Crippen LogP contribution in [0.4, 0.5) is 0 Å². The standard InChI is InChI=1S/C15H18Cl2N2OS/c1-10(2)15(3,9-18)19-14(20)8-21-7-11-4-5-12(16)6-13(11)17/h4-6,10H,7-8H2,1-3H3,(H,19,20). The Bertz CT molecular complexity index is 557. The van der Waals surface area contributed by atoms with Crippen LogP contribution in [-0.2, 0) is 10.5 Å². The quantitative estimate of drug-likeness (QED) is 0.837. The summed E-state index contributed by atoms with van der Waals surface area (Å²) in [4.78, 5) is 11.9. The van der Waals surface area contributed by atoms with Gasteiger partial charge in [-0.15, -0.1) is 11.8 Å². The molecule has 1 unspecified atom stereocenters. The van der Waals surface area contributed by atoms with Gasteiger partial charge in [0.1, 0.15) is 5.54 Å². The fourth-order valence-electron chi connectivity index (χ4n) is 1.52. The Kier molecular flexibility index (Phi) is 6.86. The molecular formula is C15H18Cl2N2OS. The minimum absolute atomic E-state index is 0.0437. The van der Waals surface area contributed by atoms with Crippen molar-refractivity contribution in [3.63, 3.8) is 0 Å². The van der Waals surface area contributed by atoms with E-state index in [2.05, 4.69) is 11.4 Å². The predicted molar refractivity (Wildman–Crippen MR) is 89.6 cm³/mol. The van der Waals surface area contributed by atoms with Gasteiger partial charge in [0.2, 0.25) is 5.91 Å². The highest BCUT2D eigenvalue weighted by molar-refractivity contribution is 7.99. The number of amides is 1. The van der Waals surface area contributed by atoms with Gasteiger partial charge in [0.15, 0.2) is 0 Å². The van der Waals surface area contributed by atoms with Crippen molar-refractivity contribution in [2.24, 2.45) is 5.92 Å². The number of nitrogens with zero attached hydrogens (tertiary/aromatic N) is 1. The fourth-order valence-corrected chi connectivity index (χ4v) is 2.91. The number of hydrogen-bond donors (Lipinski definition) is 1. The number of halogens is 2. The van der Waals surface area contributed by atoms with Crippen LogP contribution in [0.1, 0.15) is 26.3 Å². The van der Waals surface area contributed by atoms with E-state index < -0.39 is 5.54 Å². The molecule has 0 bridgehead atoms. The van der Waals surface area contributed by atoms with Crippen molar-refractivity contribution in [3.8, 4) is 6.07 Å². The summed E-state index contributed by atoms with van der Waals surface area (Å²) in [5.74, 6) is 0.794. The third-order valence-electron chi connectivity index (χ3n) is 3.29. The topological polar surface area (TPSA) is 52.9 Å². The normalized spacial score (nSPS) is 13.6. The number of thioether (sulfide) groups is 1. The van der Waals surface area contributed by atoms with Crippen molar-refractivity contribution in [2.75, 3.05) is 5.75 Å². The summed E-state index contributed by atoms with van der Waals surface area (Å²) in [7, 11) is 0. The first kappa shape index (κ1) is 18.2. The number of benzene rings is 1. The molecule has 3 nitrogen and oxygen atoms in total.